The minimum atomic E-state index is -0.655. The van der Waals surface area contributed by atoms with Crippen LogP contribution in [-0.2, 0) is 13.0 Å². The van der Waals surface area contributed by atoms with E-state index >= 15 is 0 Å². The van der Waals surface area contributed by atoms with Gasteiger partial charge in [0.1, 0.15) is 5.82 Å². The number of aliphatic hydroxyl groups excluding tert-OH is 1. The van der Waals surface area contributed by atoms with E-state index in [1.165, 1.54) is 6.20 Å². The van der Waals surface area contributed by atoms with Crippen molar-refractivity contribution in [2.75, 3.05) is 16.8 Å². The predicted octanol–water partition coefficient (Wildman–Crippen LogP) is 1.14. The van der Waals surface area contributed by atoms with E-state index in [4.69, 9.17) is 17.2 Å². The molecule has 0 aliphatic heterocycles. The summed E-state index contributed by atoms with van der Waals surface area (Å²) in [6.45, 7) is 1.90. The number of carbonyl (C=O) groups is 1. The third kappa shape index (κ3) is 2.79. The second kappa shape index (κ2) is 6.31. The van der Waals surface area contributed by atoms with Crippen LogP contribution >= 0.6 is 0 Å². The van der Waals surface area contributed by atoms with E-state index in [2.05, 4.69) is 10.3 Å². The first-order chi connectivity index (χ1) is 10.5. The van der Waals surface area contributed by atoms with E-state index < -0.39 is 5.91 Å². The standard InChI is InChI=1S/C15H19N5O2/c1-2-9-8(7-21)4-3-5-11(9)20-13-10(15(18)22)6-19-14(17)12(13)16/h3-6,21H,2,7,16H2,1H3,(H2,18,22)(H3,17,19,20). The molecule has 0 atom stereocenters. The maximum absolute atomic E-state index is 11.6. The van der Waals surface area contributed by atoms with Crippen LogP contribution in [0.2, 0.25) is 0 Å². The number of benzene rings is 1. The first-order valence-corrected chi connectivity index (χ1v) is 6.82. The Morgan fingerprint density at radius 3 is 2.68 bits per heavy atom. The number of nitrogens with one attached hydrogen (secondary N) is 1. The Kier molecular flexibility index (Phi) is 4.47. The lowest BCUT2D eigenvalue weighted by molar-refractivity contribution is 0.100. The monoisotopic (exact) mass is 301 g/mol. The first kappa shape index (κ1) is 15.6. The van der Waals surface area contributed by atoms with Gasteiger partial charge in [0.05, 0.1) is 23.5 Å². The van der Waals surface area contributed by atoms with E-state index in [0.717, 1.165) is 16.8 Å². The van der Waals surface area contributed by atoms with Gasteiger partial charge in [0.2, 0.25) is 0 Å². The van der Waals surface area contributed by atoms with Crippen LogP contribution in [0.3, 0.4) is 0 Å². The fraction of sp³-hybridized carbons (Fsp3) is 0.200. The van der Waals surface area contributed by atoms with E-state index in [9.17, 15) is 9.90 Å². The lowest BCUT2D eigenvalue weighted by atomic mass is 10.0. The van der Waals surface area contributed by atoms with Gasteiger partial charge in [-0.15, -0.1) is 0 Å². The quantitative estimate of drug-likeness (QED) is 0.561. The van der Waals surface area contributed by atoms with Gasteiger partial charge in [0, 0.05) is 11.9 Å². The molecule has 0 saturated heterocycles. The molecule has 0 spiro atoms. The van der Waals surface area contributed by atoms with Crippen LogP contribution in [0.15, 0.2) is 24.4 Å². The Balaban J connectivity index is 2.56. The van der Waals surface area contributed by atoms with Gasteiger partial charge in [-0.25, -0.2) is 4.98 Å². The van der Waals surface area contributed by atoms with E-state index in [0.29, 0.717) is 12.1 Å². The number of primary amides is 1. The molecule has 1 aromatic carbocycles. The van der Waals surface area contributed by atoms with Gasteiger partial charge in [-0.05, 0) is 23.6 Å². The highest BCUT2D eigenvalue weighted by Crippen LogP contribution is 2.32. The molecule has 0 radical (unpaired) electrons. The summed E-state index contributed by atoms with van der Waals surface area (Å²) in [7, 11) is 0. The van der Waals surface area contributed by atoms with Crippen LogP contribution < -0.4 is 22.5 Å². The van der Waals surface area contributed by atoms with E-state index in [1.807, 2.05) is 19.1 Å². The summed E-state index contributed by atoms with van der Waals surface area (Å²) in [5, 5.41) is 12.5. The van der Waals surface area contributed by atoms with Crippen LogP contribution in [0, 0.1) is 0 Å². The largest absolute Gasteiger partial charge is 0.394 e. The van der Waals surface area contributed by atoms with Gasteiger partial charge in [0.25, 0.3) is 5.91 Å². The number of hydrogen-bond donors (Lipinski definition) is 5. The SMILES string of the molecule is CCc1c(CO)cccc1Nc1c(C(N)=O)cnc(N)c1N. The van der Waals surface area contributed by atoms with Crippen LogP contribution in [0.25, 0.3) is 0 Å². The van der Waals surface area contributed by atoms with E-state index in [-0.39, 0.29) is 23.7 Å². The summed E-state index contributed by atoms with van der Waals surface area (Å²) >= 11 is 0. The highest BCUT2D eigenvalue weighted by Gasteiger charge is 2.16. The third-order valence-corrected chi connectivity index (χ3v) is 3.47. The Hall–Kier alpha value is -2.80. The summed E-state index contributed by atoms with van der Waals surface area (Å²) in [6.07, 6.45) is 1.99. The average molecular weight is 301 g/mol. The normalized spacial score (nSPS) is 10.5. The van der Waals surface area contributed by atoms with Gasteiger partial charge in [-0.3, -0.25) is 4.79 Å². The Bertz CT molecular complexity index is 715. The molecule has 0 bridgehead atoms. The maximum Gasteiger partial charge on any atom is 0.252 e. The topological polar surface area (TPSA) is 140 Å². The van der Waals surface area contributed by atoms with Crippen LogP contribution in [0.5, 0.6) is 0 Å². The van der Waals surface area contributed by atoms with Gasteiger partial charge < -0.3 is 27.6 Å². The number of nitrogens with two attached hydrogens (primary N) is 3. The molecule has 1 aromatic heterocycles. The van der Waals surface area contributed by atoms with Crippen LogP contribution in [-0.4, -0.2) is 16.0 Å². The van der Waals surface area contributed by atoms with Crippen LogP contribution in [0.1, 0.15) is 28.4 Å². The second-order valence-corrected chi connectivity index (χ2v) is 4.79. The van der Waals surface area contributed by atoms with Gasteiger partial charge in [0.15, 0.2) is 0 Å². The fourth-order valence-electron chi connectivity index (χ4n) is 2.31. The molecule has 7 heteroatoms. The smallest absolute Gasteiger partial charge is 0.252 e. The minimum Gasteiger partial charge on any atom is -0.394 e. The molecule has 0 unspecified atom stereocenters. The molecule has 2 aromatic rings. The summed E-state index contributed by atoms with van der Waals surface area (Å²) in [5.41, 5.74) is 20.1. The third-order valence-electron chi connectivity index (χ3n) is 3.47. The number of nitrogens with zero attached hydrogens (tertiary/aromatic N) is 1. The molecule has 0 fully saturated rings. The Labute approximate surface area is 128 Å². The highest BCUT2D eigenvalue weighted by atomic mass is 16.3. The Morgan fingerprint density at radius 2 is 2.09 bits per heavy atom. The number of anilines is 4. The average Bonchev–Trinajstić information content (AvgIpc) is 2.51. The van der Waals surface area contributed by atoms with Crippen molar-refractivity contribution in [3.8, 4) is 0 Å². The highest BCUT2D eigenvalue weighted by molar-refractivity contribution is 6.03. The summed E-state index contributed by atoms with van der Waals surface area (Å²) < 4.78 is 0. The molecule has 0 saturated carbocycles. The van der Waals surface area contributed by atoms with E-state index in [1.54, 1.807) is 6.07 Å². The molecule has 0 aliphatic carbocycles. The zero-order valence-electron chi connectivity index (χ0n) is 12.3. The van der Waals surface area contributed by atoms with Crippen molar-refractivity contribution >= 4 is 28.8 Å². The number of carbonyl (C=O) groups excluding carboxylic acids is 1. The molecule has 8 N–H and O–H groups in total. The molecule has 2 rings (SSSR count). The minimum absolute atomic E-state index is 0.0741. The van der Waals surface area contributed by atoms with Crippen molar-refractivity contribution in [2.24, 2.45) is 5.73 Å². The molecule has 0 aliphatic rings. The van der Waals surface area contributed by atoms with Crippen molar-refractivity contribution in [2.45, 2.75) is 20.0 Å². The fourth-order valence-corrected chi connectivity index (χ4v) is 2.31. The van der Waals surface area contributed by atoms with Crippen molar-refractivity contribution in [3.05, 3.63) is 41.1 Å². The number of pyridine rings is 1. The second-order valence-electron chi connectivity index (χ2n) is 4.79. The number of hydrogen-bond acceptors (Lipinski definition) is 6. The number of nitrogen functional groups attached to an aromatic ring is 2. The molecule has 1 heterocycles. The van der Waals surface area contributed by atoms with Crippen molar-refractivity contribution in [3.63, 3.8) is 0 Å². The summed E-state index contributed by atoms with van der Waals surface area (Å²) in [4.78, 5) is 15.4. The number of aromatic nitrogens is 1. The molecule has 1 amide bonds. The van der Waals surface area contributed by atoms with Gasteiger partial charge in [-0.2, -0.15) is 0 Å². The van der Waals surface area contributed by atoms with Crippen LogP contribution in [0.4, 0.5) is 22.9 Å². The number of aliphatic hydroxyl groups is 1. The van der Waals surface area contributed by atoms with Gasteiger partial charge in [-0.1, -0.05) is 19.1 Å². The molecule has 116 valence electrons. The zero-order valence-corrected chi connectivity index (χ0v) is 12.3. The number of amides is 1. The Morgan fingerprint density at radius 1 is 1.36 bits per heavy atom. The first-order valence-electron chi connectivity index (χ1n) is 6.82. The summed E-state index contributed by atoms with van der Waals surface area (Å²) in [5.74, 6) is -0.540. The van der Waals surface area contributed by atoms with Gasteiger partial charge >= 0.3 is 0 Å². The lowest BCUT2D eigenvalue weighted by Crippen LogP contribution is -2.16. The van der Waals surface area contributed by atoms with Crippen molar-refractivity contribution < 1.29 is 9.90 Å². The zero-order chi connectivity index (χ0) is 16.3. The maximum atomic E-state index is 11.6. The molecule has 22 heavy (non-hydrogen) atoms. The predicted molar refractivity (Wildman–Crippen MR) is 86.6 cm³/mol. The molecular weight excluding hydrogens is 282 g/mol. The molecule has 7 nitrogen and oxygen atoms in total. The van der Waals surface area contributed by atoms with Crippen molar-refractivity contribution in [1.82, 2.24) is 4.98 Å². The lowest BCUT2D eigenvalue weighted by Gasteiger charge is -2.17. The number of rotatable bonds is 5. The van der Waals surface area contributed by atoms with Crippen molar-refractivity contribution in [1.29, 1.82) is 0 Å². The summed E-state index contributed by atoms with van der Waals surface area (Å²) in [6, 6.07) is 5.47. The molecular formula is C15H19N5O2.